The monoisotopic (exact) mass is 98.1 g/mol. The summed E-state index contributed by atoms with van der Waals surface area (Å²) in [6.07, 6.45) is 3.55. The van der Waals surface area contributed by atoms with E-state index in [9.17, 15) is 4.79 Å². The zero-order valence-corrected chi connectivity index (χ0v) is 4.05. The lowest BCUT2D eigenvalue weighted by Gasteiger charge is -1.82. The van der Waals surface area contributed by atoms with Crippen molar-refractivity contribution >= 4 is 5.91 Å². The number of hydrogen-bond donors (Lipinski definition) is 1. The quantitative estimate of drug-likeness (QED) is 0.505. The molecular formula is C5H8NO. The first-order chi connectivity index (χ1) is 3.27. The summed E-state index contributed by atoms with van der Waals surface area (Å²) in [4.78, 5) is 9.88. The van der Waals surface area contributed by atoms with Gasteiger partial charge in [0.1, 0.15) is 0 Å². The number of nitrogens with two attached hydrogens (primary N) is 1. The molecule has 0 rings (SSSR count). The first-order valence-electron chi connectivity index (χ1n) is 2.01. The van der Waals surface area contributed by atoms with Crippen LogP contribution in [-0.2, 0) is 4.79 Å². The van der Waals surface area contributed by atoms with Crippen molar-refractivity contribution in [2.45, 2.75) is 6.42 Å². The van der Waals surface area contributed by atoms with Gasteiger partial charge in [0.25, 0.3) is 0 Å². The molecule has 0 atom stereocenters. The third-order valence-corrected chi connectivity index (χ3v) is 0.486. The molecule has 1 radical (unpaired) electrons. The Morgan fingerprint density at radius 3 is 2.57 bits per heavy atom. The Kier molecular flexibility index (Phi) is 3.02. The van der Waals surface area contributed by atoms with E-state index in [1.165, 1.54) is 6.42 Å². The van der Waals surface area contributed by atoms with Gasteiger partial charge in [-0.25, -0.2) is 0 Å². The van der Waals surface area contributed by atoms with Crippen molar-refractivity contribution in [1.82, 2.24) is 0 Å². The minimum Gasteiger partial charge on any atom is -0.369 e. The van der Waals surface area contributed by atoms with Gasteiger partial charge >= 0.3 is 0 Å². The van der Waals surface area contributed by atoms with E-state index in [1.54, 1.807) is 6.08 Å². The predicted octanol–water partition coefficient (Wildman–Crippen LogP) is 0.252. The summed E-state index contributed by atoms with van der Waals surface area (Å²) in [5.41, 5.74) is 4.74. The fourth-order valence-electron chi connectivity index (χ4n) is 0.199. The summed E-state index contributed by atoms with van der Waals surface area (Å²) in [5.74, 6) is -0.389. The minimum absolute atomic E-state index is 0.389. The molecule has 39 valence electrons. The maximum atomic E-state index is 9.88. The van der Waals surface area contributed by atoms with Crippen LogP contribution in [0.1, 0.15) is 6.42 Å². The Morgan fingerprint density at radius 2 is 2.43 bits per heavy atom. The predicted molar refractivity (Wildman–Crippen MR) is 28.3 cm³/mol. The average molecular weight is 98.1 g/mol. The van der Waals surface area contributed by atoms with E-state index in [-0.39, 0.29) is 5.91 Å². The molecule has 0 aromatic heterocycles. The second-order valence-electron chi connectivity index (χ2n) is 1.13. The molecule has 0 aliphatic heterocycles. The standard InChI is InChI=1S/C5H8NO/c1-2-3-4-5(6)7/h2,4H,1,3H2,(H2,6,7). The molecule has 0 spiro atoms. The highest BCUT2D eigenvalue weighted by atomic mass is 16.1. The lowest BCUT2D eigenvalue weighted by molar-refractivity contribution is -0.114. The fourth-order valence-corrected chi connectivity index (χ4v) is 0.199. The highest BCUT2D eigenvalue weighted by Gasteiger charge is 1.87. The van der Waals surface area contributed by atoms with Crippen LogP contribution in [0.2, 0.25) is 0 Å². The number of hydrogen-bond acceptors (Lipinski definition) is 1. The molecule has 0 heterocycles. The Bertz CT molecular complexity index is 78.1. The molecule has 0 aromatic rings. The number of primary amides is 1. The molecule has 0 bridgehead atoms. The van der Waals surface area contributed by atoms with Crippen LogP contribution in [0.4, 0.5) is 0 Å². The van der Waals surface area contributed by atoms with Crippen molar-refractivity contribution in [2.24, 2.45) is 5.73 Å². The molecular weight excluding hydrogens is 90.1 g/mol. The molecule has 0 saturated carbocycles. The topological polar surface area (TPSA) is 43.1 Å². The Labute approximate surface area is 43.0 Å². The van der Waals surface area contributed by atoms with Crippen LogP contribution in [0.25, 0.3) is 0 Å². The van der Waals surface area contributed by atoms with E-state index in [0.717, 1.165) is 0 Å². The second-order valence-corrected chi connectivity index (χ2v) is 1.13. The molecule has 0 aliphatic carbocycles. The van der Waals surface area contributed by atoms with Crippen LogP contribution < -0.4 is 5.73 Å². The lowest BCUT2D eigenvalue weighted by atomic mass is 10.3. The minimum atomic E-state index is -0.389. The molecule has 1 amide bonds. The summed E-state index contributed by atoms with van der Waals surface area (Å²) < 4.78 is 0. The zero-order chi connectivity index (χ0) is 5.70. The number of carbonyl (C=O) groups is 1. The van der Waals surface area contributed by atoms with Gasteiger partial charge in [0, 0.05) is 0 Å². The third kappa shape index (κ3) is 5.21. The summed E-state index contributed by atoms with van der Waals surface area (Å²) in [7, 11) is 0. The van der Waals surface area contributed by atoms with Gasteiger partial charge in [0.15, 0.2) is 0 Å². The second kappa shape index (κ2) is 3.40. The number of rotatable bonds is 3. The van der Waals surface area contributed by atoms with Crippen molar-refractivity contribution in [3.8, 4) is 0 Å². The van der Waals surface area contributed by atoms with Crippen molar-refractivity contribution in [3.63, 3.8) is 0 Å². The normalized spacial score (nSPS) is 8.00. The third-order valence-electron chi connectivity index (χ3n) is 0.486. The van der Waals surface area contributed by atoms with Crippen LogP contribution >= 0.6 is 0 Å². The maximum Gasteiger partial charge on any atom is 0.221 e. The molecule has 0 aliphatic rings. The maximum absolute atomic E-state index is 9.88. The molecule has 0 aromatic carbocycles. The first kappa shape index (κ1) is 6.21. The Morgan fingerprint density at radius 1 is 1.86 bits per heavy atom. The molecule has 2 nitrogen and oxygen atoms in total. The molecule has 0 saturated heterocycles. The van der Waals surface area contributed by atoms with E-state index < -0.39 is 0 Å². The smallest absolute Gasteiger partial charge is 0.221 e. The van der Waals surface area contributed by atoms with Gasteiger partial charge < -0.3 is 5.73 Å². The van der Waals surface area contributed by atoms with Crippen LogP contribution in [0.15, 0.2) is 12.7 Å². The van der Waals surface area contributed by atoms with Crippen molar-refractivity contribution in [3.05, 3.63) is 19.1 Å². The van der Waals surface area contributed by atoms with Gasteiger partial charge in [-0.3, -0.25) is 4.79 Å². The summed E-state index contributed by atoms with van der Waals surface area (Å²) in [5, 5.41) is 0. The van der Waals surface area contributed by atoms with Crippen molar-refractivity contribution < 1.29 is 4.79 Å². The first-order valence-corrected chi connectivity index (χ1v) is 2.01. The van der Waals surface area contributed by atoms with E-state index in [1.807, 2.05) is 0 Å². The van der Waals surface area contributed by atoms with Crippen LogP contribution in [0.3, 0.4) is 0 Å². The molecule has 2 N–H and O–H groups in total. The zero-order valence-electron chi connectivity index (χ0n) is 4.05. The van der Waals surface area contributed by atoms with Gasteiger partial charge in [-0.2, -0.15) is 0 Å². The number of carbonyl (C=O) groups excluding carboxylic acids is 1. The van der Waals surface area contributed by atoms with Gasteiger partial charge in [0.2, 0.25) is 5.91 Å². The largest absolute Gasteiger partial charge is 0.369 e. The highest BCUT2D eigenvalue weighted by Crippen LogP contribution is 1.82. The van der Waals surface area contributed by atoms with E-state index in [4.69, 9.17) is 5.73 Å². The molecule has 2 heteroatoms. The lowest BCUT2D eigenvalue weighted by Crippen LogP contribution is -2.09. The molecule has 0 unspecified atom stereocenters. The van der Waals surface area contributed by atoms with Crippen LogP contribution in [0, 0.1) is 6.42 Å². The highest BCUT2D eigenvalue weighted by molar-refractivity contribution is 5.82. The number of amides is 1. The summed E-state index contributed by atoms with van der Waals surface area (Å²) in [6.45, 7) is 3.39. The van der Waals surface area contributed by atoms with Gasteiger partial charge in [-0.15, -0.1) is 6.58 Å². The Balaban J connectivity index is 2.97. The van der Waals surface area contributed by atoms with E-state index in [0.29, 0.717) is 6.42 Å². The van der Waals surface area contributed by atoms with Gasteiger partial charge in [-0.05, 0) is 6.42 Å². The fraction of sp³-hybridized carbons (Fsp3) is 0.200. The van der Waals surface area contributed by atoms with Crippen LogP contribution in [-0.4, -0.2) is 5.91 Å². The number of allylic oxidation sites excluding steroid dienone is 1. The van der Waals surface area contributed by atoms with Crippen molar-refractivity contribution in [2.75, 3.05) is 0 Å². The summed E-state index contributed by atoms with van der Waals surface area (Å²) >= 11 is 0. The summed E-state index contributed by atoms with van der Waals surface area (Å²) in [6, 6.07) is 0. The SMILES string of the molecule is C=CC[CH]C(N)=O. The van der Waals surface area contributed by atoms with Crippen molar-refractivity contribution in [1.29, 1.82) is 0 Å². The van der Waals surface area contributed by atoms with Crippen LogP contribution in [0.5, 0.6) is 0 Å². The molecule has 7 heavy (non-hydrogen) atoms. The van der Waals surface area contributed by atoms with Gasteiger partial charge in [0.05, 0.1) is 6.42 Å². The molecule has 0 fully saturated rings. The van der Waals surface area contributed by atoms with Gasteiger partial charge in [-0.1, -0.05) is 6.08 Å². The average Bonchev–Trinajstić information content (AvgIpc) is 1.61. The van der Waals surface area contributed by atoms with E-state index in [2.05, 4.69) is 6.58 Å². The van der Waals surface area contributed by atoms with E-state index >= 15 is 0 Å². The Hall–Kier alpha value is -0.790.